The highest BCUT2D eigenvalue weighted by molar-refractivity contribution is 7.84. The maximum absolute atomic E-state index is 13.8. The quantitative estimate of drug-likeness (QED) is 0.923. The number of benzene rings is 2. The largest absolute Gasteiger partial charge is 0.326 e. The molecule has 0 bridgehead atoms. The van der Waals surface area contributed by atoms with Crippen molar-refractivity contribution >= 4 is 34.0 Å². The predicted octanol–water partition coefficient (Wildman–Crippen LogP) is 3.90. The molecule has 20 heavy (non-hydrogen) atoms. The van der Waals surface area contributed by atoms with E-state index in [0.717, 1.165) is 0 Å². The van der Waals surface area contributed by atoms with Crippen LogP contribution in [0.15, 0.2) is 41.3 Å². The molecule has 0 aliphatic rings. The summed E-state index contributed by atoms with van der Waals surface area (Å²) in [7, 11) is -1.46. The van der Waals surface area contributed by atoms with Gasteiger partial charge in [0.25, 0.3) is 0 Å². The minimum atomic E-state index is -1.46. The Hall–Kier alpha value is -0.940. The molecule has 0 saturated heterocycles. The van der Waals surface area contributed by atoms with Gasteiger partial charge in [0.2, 0.25) is 0 Å². The van der Waals surface area contributed by atoms with Crippen LogP contribution in [0.3, 0.4) is 0 Å². The molecule has 1 unspecified atom stereocenters. The summed E-state index contributed by atoms with van der Waals surface area (Å²) in [6.45, 7) is 0.264. The molecule has 0 spiro atoms. The summed E-state index contributed by atoms with van der Waals surface area (Å²) < 4.78 is 26.1. The fraction of sp³-hybridized carbons (Fsp3) is 0.143. The molecule has 106 valence electrons. The first kappa shape index (κ1) is 15.4. The molecular formula is C14H12Cl2FNOS. The van der Waals surface area contributed by atoms with Crippen LogP contribution < -0.4 is 5.73 Å². The van der Waals surface area contributed by atoms with Crippen LogP contribution in [-0.2, 0) is 23.1 Å². The highest BCUT2D eigenvalue weighted by atomic mass is 35.5. The normalized spacial score (nSPS) is 12.4. The molecule has 0 fully saturated rings. The summed E-state index contributed by atoms with van der Waals surface area (Å²) in [6, 6.07) is 9.38. The van der Waals surface area contributed by atoms with E-state index in [9.17, 15) is 8.60 Å². The van der Waals surface area contributed by atoms with E-state index in [1.807, 2.05) is 0 Å². The molecule has 1 atom stereocenters. The van der Waals surface area contributed by atoms with Crippen molar-refractivity contribution in [2.45, 2.75) is 17.2 Å². The second-order valence-corrected chi connectivity index (χ2v) is 6.46. The SMILES string of the molecule is NCc1ccc(CS(=O)c2cc(Cl)ccc2Cl)c(F)c1. The Labute approximate surface area is 129 Å². The Balaban J connectivity index is 2.25. The predicted molar refractivity (Wildman–Crippen MR) is 80.9 cm³/mol. The standard InChI is InChI=1S/C14H12Cl2FNOS/c15-11-3-4-12(16)14(6-11)20(19)8-10-2-1-9(7-18)5-13(10)17/h1-6H,7-8,18H2. The third kappa shape index (κ3) is 3.58. The maximum atomic E-state index is 13.8. The van der Waals surface area contributed by atoms with Crippen molar-refractivity contribution in [1.29, 1.82) is 0 Å². The second kappa shape index (κ2) is 6.68. The Morgan fingerprint density at radius 1 is 1.15 bits per heavy atom. The van der Waals surface area contributed by atoms with E-state index in [0.29, 0.717) is 26.1 Å². The van der Waals surface area contributed by atoms with Crippen LogP contribution in [0.25, 0.3) is 0 Å². The lowest BCUT2D eigenvalue weighted by Crippen LogP contribution is -2.02. The van der Waals surface area contributed by atoms with Crippen LogP contribution >= 0.6 is 23.2 Å². The zero-order chi connectivity index (χ0) is 14.7. The van der Waals surface area contributed by atoms with Crippen molar-refractivity contribution in [2.24, 2.45) is 5.73 Å². The zero-order valence-electron chi connectivity index (χ0n) is 10.4. The molecule has 2 aromatic rings. The van der Waals surface area contributed by atoms with Crippen molar-refractivity contribution in [3.8, 4) is 0 Å². The minimum Gasteiger partial charge on any atom is -0.326 e. The van der Waals surface area contributed by atoms with E-state index < -0.39 is 16.6 Å². The van der Waals surface area contributed by atoms with Gasteiger partial charge in [-0.3, -0.25) is 4.21 Å². The summed E-state index contributed by atoms with van der Waals surface area (Å²) in [4.78, 5) is 0.404. The van der Waals surface area contributed by atoms with E-state index in [1.165, 1.54) is 12.1 Å². The maximum Gasteiger partial charge on any atom is 0.127 e. The molecule has 0 radical (unpaired) electrons. The van der Waals surface area contributed by atoms with Gasteiger partial charge < -0.3 is 5.73 Å². The number of hydrogen-bond donors (Lipinski definition) is 1. The Bertz CT molecular complexity index is 664. The van der Waals surface area contributed by atoms with Gasteiger partial charge in [0.15, 0.2) is 0 Å². The third-order valence-corrected chi connectivity index (χ3v) is 4.86. The van der Waals surface area contributed by atoms with E-state index >= 15 is 0 Å². The fourth-order valence-electron chi connectivity index (χ4n) is 1.71. The lowest BCUT2D eigenvalue weighted by atomic mass is 10.1. The lowest BCUT2D eigenvalue weighted by molar-refractivity contribution is 0.613. The Kier molecular flexibility index (Phi) is 5.16. The smallest absolute Gasteiger partial charge is 0.127 e. The molecule has 0 aromatic heterocycles. The molecule has 0 aliphatic heterocycles. The van der Waals surface area contributed by atoms with Gasteiger partial charge in [-0.15, -0.1) is 0 Å². The monoisotopic (exact) mass is 331 g/mol. The molecule has 0 saturated carbocycles. The van der Waals surface area contributed by atoms with Crippen molar-refractivity contribution in [1.82, 2.24) is 0 Å². The number of hydrogen-bond acceptors (Lipinski definition) is 2. The summed E-state index contributed by atoms with van der Waals surface area (Å²) in [5.41, 5.74) is 6.49. The topological polar surface area (TPSA) is 43.1 Å². The van der Waals surface area contributed by atoms with Gasteiger partial charge in [0.1, 0.15) is 5.82 Å². The number of nitrogens with two attached hydrogens (primary N) is 1. The molecule has 0 amide bonds. The van der Waals surface area contributed by atoms with Crippen LogP contribution in [0.1, 0.15) is 11.1 Å². The van der Waals surface area contributed by atoms with Crippen molar-refractivity contribution in [2.75, 3.05) is 0 Å². The highest BCUT2D eigenvalue weighted by Gasteiger charge is 2.13. The minimum absolute atomic E-state index is 0.0384. The number of halogens is 3. The van der Waals surface area contributed by atoms with E-state index in [1.54, 1.807) is 24.3 Å². The summed E-state index contributed by atoms with van der Waals surface area (Å²) in [5.74, 6) is -0.379. The van der Waals surface area contributed by atoms with Crippen molar-refractivity contribution in [3.05, 3.63) is 63.4 Å². The lowest BCUT2D eigenvalue weighted by Gasteiger charge is -2.07. The first-order valence-corrected chi connectivity index (χ1v) is 7.89. The molecule has 0 aliphatic carbocycles. The van der Waals surface area contributed by atoms with Crippen LogP contribution in [0.5, 0.6) is 0 Å². The van der Waals surface area contributed by atoms with Gasteiger partial charge in [0, 0.05) is 17.1 Å². The van der Waals surface area contributed by atoms with E-state index in [4.69, 9.17) is 28.9 Å². The summed E-state index contributed by atoms with van der Waals surface area (Å²) in [6.07, 6.45) is 0. The van der Waals surface area contributed by atoms with Crippen molar-refractivity contribution < 1.29 is 8.60 Å². The first-order valence-electron chi connectivity index (χ1n) is 5.82. The Morgan fingerprint density at radius 3 is 2.55 bits per heavy atom. The number of rotatable bonds is 4. The average molecular weight is 332 g/mol. The molecule has 2 rings (SSSR count). The van der Waals surface area contributed by atoms with E-state index in [2.05, 4.69) is 0 Å². The fourth-order valence-corrected chi connectivity index (χ4v) is 3.53. The molecule has 0 heterocycles. The first-order chi connectivity index (χ1) is 9.51. The zero-order valence-corrected chi connectivity index (χ0v) is 12.7. The second-order valence-electron chi connectivity index (χ2n) is 4.19. The van der Waals surface area contributed by atoms with Crippen LogP contribution in [-0.4, -0.2) is 4.21 Å². The van der Waals surface area contributed by atoms with Gasteiger partial charge >= 0.3 is 0 Å². The molecule has 2 N–H and O–H groups in total. The van der Waals surface area contributed by atoms with Crippen LogP contribution in [0, 0.1) is 5.82 Å². The molecule has 2 nitrogen and oxygen atoms in total. The highest BCUT2D eigenvalue weighted by Crippen LogP contribution is 2.26. The Morgan fingerprint density at radius 2 is 1.90 bits per heavy atom. The molecule has 2 aromatic carbocycles. The third-order valence-electron chi connectivity index (χ3n) is 2.78. The van der Waals surface area contributed by atoms with Crippen LogP contribution in [0.4, 0.5) is 4.39 Å². The van der Waals surface area contributed by atoms with Gasteiger partial charge in [-0.2, -0.15) is 0 Å². The summed E-state index contributed by atoms with van der Waals surface area (Å²) >= 11 is 11.8. The van der Waals surface area contributed by atoms with Gasteiger partial charge in [-0.1, -0.05) is 35.3 Å². The van der Waals surface area contributed by atoms with E-state index in [-0.39, 0.29) is 12.3 Å². The van der Waals surface area contributed by atoms with Crippen LogP contribution in [0.2, 0.25) is 10.0 Å². The average Bonchev–Trinajstić information content (AvgIpc) is 2.43. The molecular weight excluding hydrogens is 320 g/mol. The van der Waals surface area contributed by atoms with Gasteiger partial charge in [-0.05, 0) is 29.8 Å². The van der Waals surface area contributed by atoms with Crippen molar-refractivity contribution in [3.63, 3.8) is 0 Å². The molecule has 6 heteroatoms. The van der Waals surface area contributed by atoms with Gasteiger partial charge in [0.05, 0.1) is 26.5 Å². The van der Waals surface area contributed by atoms with Gasteiger partial charge in [-0.25, -0.2) is 4.39 Å². The summed E-state index contributed by atoms with van der Waals surface area (Å²) in [5, 5.41) is 0.795.